The Morgan fingerprint density at radius 2 is 1.86 bits per heavy atom. The number of rotatable bonds is 7. The Bertz CT molecular complexity index is 1210. The van der Waals surface area contributed by atoms with Crippen molar-refractivity contribution in [1.82, 2.24) is 14.6 Å². The maximum absolute atomic E-state index is 12.7. The van der Waals surface area contributed by atoms with Crippen LogP contribution in [0.4, 0.5) is 0 Å². The monoisotopic (exact) mass is 469 g/mol. The molecule has 2 aromatic heterocycles. The summed E-state index contributed by atoms with van der Waals surface area (Å²) in [5.74, 6) is 1.38. The van der Waals surface area contributed by atoms with Gasteiger partial charge in [0, 0.05) is 10.0 Å². The number of hydrogen-bond donors (Lipinski definition) is 0. The van der Waals surface area contributed by atoms with Gasteiger partial charge in [-0.15, -0.1) is 5.10 Å². The van der Waals surface area contributed by atoms with Crippen LogP contribution < -0.4 is 14.8 Å². The average molecular weight is 470 g/mol. The molecule has 0 saturated carbocycles. The Balaban J connectivity index is 1.55. The third-order valence-corrected chi connectivity index (χ3v) is 5.97. The molecular weight excluding hydrogens is 450 g/mol. The van der Waals surface area contributed by atoms with Gasteiger partial charge in [-0.3, -0.25) is 4.79 Å². The number of halogens is 1. The van der Waals surface area contributed by atoms with E-state index in [4.69, 9.17) is 4.74 Å². The molecule has 2 heterocycles. The fraction of sp³-hybridized carbons (Fsp3) is 0.227. The second-order valence-corrected chi connectivity index (χ2v) is 8.60. The Morgan fingerprint density at radius 3 is 2.55 bits per heavy atom. The molecule has 0 aliphatic carbocycles. The molecule has 5 nitrogen and oxygen atoms in total. The van der Waals surface area contributed by atoms with Crippen molar-refractivity contribution in [3.05, 3.63) is 73.5 Å². The smallest absolute Gasteiger partial charge is 0.291 e. The van der Waals surface area contributed by atoms with Crippen molar-refractivity contribution >= 4 is 38.3 Å². The number of unbranched alkanes of at least 4 members (excludes halogenated alkanes) is 2. The standard InChI is InChI=1S/C22H20BrN3O2S/c1-2-3-4-13-28-18-11-7-16(8-12-18)20-24-22-26(25-20)21(27)19(29-22)14-15-5-9-17(23)10-6-15/h5-12,14H,2-4,13H2,1H3/b19-14-. The maximum atomic E-state index is 12.7. The van der Waals surface area contributed by atoms with Crippen molar-refractivity contribution in [1.29, 1.82) is 0 Å². The van der Waals surface area contributed by atoms with Gasteiger partial charge in [0.2, 0.25) is 4.96 Å². The van der Waals surface area contributed by atoms with E-state index < -0.39 is 0 Å². The molecule has 0 bridgehead atoms. The molecule has 2 aromatic carbocycles. The van der Waals surface area contributed by atoms with Gasteiger partial charge in [-0.05, 0) is 54.5 Å². The van der Waals surface area contributed by atoms with Crippen molar-refractivity contribution in [2.45, 2.75) is 26.2 Å². The minimum atomic E-state index is -0.150. The second kappa shape index (κ2) is 8.88. The summed E-state index contributed by atoms with van der Waals surface area (Å²) >= 11 is 4.76. The molecule has 148 valence electrons. The Labute approximate surface area is 180 Å². The summed E-state index contributed by atoms with van der Waals surface area (Å²) < 4.78 is 8.73. The molecule has 4 aromatic rings. The summed E-state index contributed by atoms with van der Waals surface area (Å²) in [6.45, 7) is 2.90. The molecule has 0 aliphatic rings. The average Bonchev–Trinajstić information content (AvgIpc) is 3.27. The molecule has 29 heavy (non-hydrogen) atoms. The molecule has 0 unspecified atom stereocenters. The first-order valence-electron chi connectivity index (χ1n) is 9.54. The highest BCUT2D eigenvalue weighted by atomic mass is 79.9. The van der Waals surface area contributed by atoms with E-state index in [0.717, 1.165) is 34.4 Å². The quantitative estimate of drug-likeness (QED) is 0.368. The van der Waals surface area contributed by atoms with Gasteiger partial charge in [0.1, 0.15) is 5.75 Å². The number of nitrogens with zero attached hydrogens (tertiary/aromatic N) is 3. The van der Waals surface area contributed by atoms with E-state index in [0.29, 0.717) is 15.3 Å². The Kier molecular flexibility index (Phi) is 6.06. The Morgan fingerprint density at radius 1 is 1.10 bits per heavy atom. The third kappa shape index (κ3) is 4.57. The summed E-state index contributed by atoms with van der Waals surface area (Å²) in [6.07, 6.45) is 5.27. The molecule has 0 amide bonds. The molecule has 0 fully saturated rings. The lowest BCUT2D eigenvalue weighted by Gasteiger charge is -2.05. The SMILES string of the molecule is CCCCCOc1ccc(-c2nc3s/c(=C\c4ccc(Br)cc4)c(=O)n3n2)cc1. The molecule has 0 aliphatic heterocycles. The molecule has 7 heteroatoms. The van der Waals surface area contributed by atoms with Crippen molar-refractivity contribution < 1.29 is 4.74 Å². The second-order valence-electron chi connectivity index (χ2n) is 6.68. The minimum Gasteiger partial charge on any atom is -0.494 e. The first kappa shape index (κ1) is 19.8. The third-order valence-electron chi connectivity index (χ3n) is 4.48. The van der Waals surface area contributed by atoms with Gasteiger partial charge in [0.15, 0.2) is 5.82 Å². The number of benzene rings is 2. The highest BCUT2D eigenvalue weighted by Gasteiger charge is 2.12. The molecule has 0 spiro atoms. The lowest BCUT2D eigenvalue weighted by molar-refractivity contribution is 0.306. The molecule has 0 atom stereocenters. The van der Waals surface area contributed by atoms with Crippen LogP contribution >= 0.6 is 27.3 Å². The lowest BCUT2D eigenvalue weighted by Crippen LogP contribution is -2.23. The predicted molar refractivity (Wildman–Crippen MR) is 121 cm³/mol. The zero-order valence-corrected chi connectivity index (χ0v) is 18.4. The van der Waals surface area contributed by atoms with Gasteiger partial charge in [-0.2, -0.15) is 9.50 Å². The molecule has 0 saturated heterocycles. The van der Waals surface area contributed by atoms with E-state index in [1.165, 1.54) is 28.7 Å². The van der Waals surface area contributed by atoms with Crippen LogP contribution in [0.3, 0.4) is 0 Å². The van der Waals surface area contributed by atoms with Gasteiger partial charge < -0.3 is 4.74 Å². The first-order valence-corrected chi connectivity index (χ1v) is 11.1. The summed E-state index contributed by atoms with van der Waals surface area (Å²) in [7, 11) is 0. The molecular formula is C22H20BrN3O2S. The normalized spacial score (nSPS) is 12.0. The summed E-state index contributed by atoms with van der Waals surface area (Å²) in [5, 5.41) is 4.41. The van der Waals surface area contributed by atoms with Crippen molar-refractivity contribution in [3.8, 4) is 17.1 Å². The summed E-state index contributed by atoms with van der Waals surface area (Å²) in [5.41, 5.74) is 1.67. The lowest BCUT2D eigenvalue weighted by atomic mass is 10.2. The number of hydrogen-bond acceptors (Lipinski definition) is 5. The van der Waals surface area contributed by atoms with Crippen LogP contribution in [0.5, 0.6) is 5.75 Å². The van der Waals surface area contributed by atoms with Crippen molar-refractivity contribution in [3.63, 3.8) is 0 Å². The Hall–Kier alpha value is -2.51. The fourth-order valence-electron chi connectivity index (χ4n) is 2.91. The van der Waals surface area contributed by atoms with Crippen LogP contribution in [0.2, 0.25) is 0 Å². The van der Waals surface area contributed by atoms with Crippen molar-refractivity contribution in [2.75, 3.05) is 6.61 Å². The van der Waals surface area contributed by atoms with Gasteiger partial charge in [0.25, 0.3) is 5.56 Å². The molecule has 4 rings (SSSR count). The van der Waals surface area contributed by atoms with E-state index in [2.05, 4.69) is 32.9 Å². The van der Waals surface area contributed by atoms with E-state index in [-0.39, 0.29) is 5.56 Å². The number of thiazole rings is 1. The van der Waals surface area contributed by atoms with E-state index >= 15 is 0 Å². The first-order chi connectivity index (χ1) is 14.1. The van der Waals surface area contributed by atoms with E-state index in [9.17, 15) is 4.79 Å². The molecule has 0 radical (unpaired) electrons. The largest absolute Gasteiger partial charge is 0.494 e. The van der Waals surface area contributed by atoms with Gasteiger partial charge in [-0.1, -0.05) is 59.2 Å². The van der Waals surface area contributed by atoms with Gasteiger partial charge in [-0.25, -0.2) is 0 Å². The minimum absolute atomic E-state index is 0.150. The van der Waals surface area contributed by atoms with Crippen LogP contribution in [0.15, 0.2) is 57.8 Å². The van der Waals surface area contributed by atoms with Crippen LogP contribution in [0.25, 0.3) is 22.4 Å². The predicted octanol–water partition coefficient (Wildman–Crippen LogP) is 4.70. The van der Waals surface area contributed by atoms with E-state index in [1.54, 1.807) is 0 Å². The maximum Gasteiger partial charge on any atom is 0.291 e. The summed E-state index contributed by atoms with van der Waals surface area (Å²) in [4.78, 5) is 17.8. The number of aromatic nitrogens is 3. The van der Waals surface area contributed by atoms with Gasteiger partial charge >= 0.3 is 0 Å². The van der Waals surface area contributed by atoms with Crippen LogP contribution in [0, 0.1) is 0 Å². The number of ether oxygens (including phenoxy) is 1. The summed E-state index contributed by atoms with van der Waals surface area (Å²) in [6, 6.07) is 15.5. The van der Waals surface area contributed by atoms with Gasteiger partial charge in [0.05, 0.1) is 11.1 Å². The topological polar surface area (TPSA) is 56.5 Å². The van der Waals surface area contributed by atoms with E-state index in [1.807, 2.05) is 54.6 Å². The highest BCUT2D eigenvalue weighted by Crippen LogP contribution is 2.21. The fourth-order valence-corrected chi connectivity index (χ4v) is 4.08. The zero-order valence-electron chi connectivity index (χ0n) is 16.0. The van der Waals surface area contributed by atoms with Crippen LogP contribution in [0.1, 0.15) is 31.7 Å². The van der Waals surface area contributed by atoms with Crippen LogP contribution in [-0.2, 0) is 0 Å². The number of fused-ring (bicyclic) bond motifs is 1. The highest BCUT2D eigenvalue weighted by molar-refractivity contribution is 9.10. The molecule has 0 N–H and O–H groups in total. The zero-order chi connectivity index (χ0) is 20.2. The van der Waals surface area contributed by atoms with Crippen LogP contribution in [-0.4, -0.2) is 21.2 Å². The van der Waals surface area contributed by atoms with Crippen molar-refractivity contribution in [2.24, 2.45) is 0 Å².